The van der Waals surface area contributed by atoms with Crippen LogP contribution >= 0.6 is 0 Å². The van der Waals surface area contributed by atoms with E-state index in [0.29, 0.717) is 37.0 Å². The molecule has 6 N–H and O–H groups in total. The molecule has 7 atom stereocenters. The second-order valence-corrected chi connectivity index (χ2v) is 18.9. The Kier molecular flexibility index (Phi) is 15.5. The van der Waals surface area contributed by atoms with Crippen molar-refractivity contribution in [1.82, 2.24) is 10.2 Å². The number of benzene rings is 1. The van der Waals surface area contributed by atoms with Crippen molar-refractivity contribution in [2.24, 2.45) is 28.1 Å². The number of carboxylic acid groups (broad SMARTS) is 1. The van der Waals surface area contributed by atoms with Gasteiger partial charge in [0.15, 0.2) is 6.10 Å². The van der Waals surface area contributed by atoms with Crippen LogP contribution in [0.1, 0.15) is 114 Å². The van der Waals surface area contributed by atoms with Gasteiger partial charge in [0.2, 0.25) is 18.1 Å². The number of hydrogen-bond acceptors (Lipinski definition) is 10. The molecule has 1 aromatic carbocycles. The molecule has 0 aliphatic carbocycles. The second-order valence-electron chi connectivity index (χ2n) is 18.9. The van der Waals surface area contributed by atoms with Gasteiger partial charge in [0.25, 0.3) is 11.8 Å². The van der Waals surface area contributed by atoms with Crippen molar-refractivity contribution < 1.29 is 53.9 Å². The number of nitrogens with zero attached hydrogens (tertiary/aromatic N) is 1. The van der Waals surface area contributed by atoms with Gasteiger partial charge in [-0.05, 0) is 71.5 Å². The van der Waals surface area contributed by atoms with E-state index in [4.69, 9.17) is 9.47 Å². The summed E-state index contributed by atoms with van der Waals surface area (Å²) in [5.74, 6) is -2.13. The van der Waals surface area contributed by atoms with Gasteiger partial charge in [0, 0.05) is 37.1 Å². The molecular weight excluding hydrogens is 722 g/mol. The highest BCUT2D eigenvalue weighted by Gasteiger charge is 2.49. The molecule has 1 fully saturated rings. The van der Waals surface area contributed by atoms with Crippen molar-refractivity contribution in [3.63, 3.8) is 0 Å². The number of anilines is 1. The molecule has 1 aromatic rings. The minimum atomic E-state index is -1.88. The molecular formula is C42H65N3O11. The van der Waals surface area contributed by atoms with Crippen LogP contribution in [-0.2, 0) is 35.1 Å². The summed E-state index contributed by atoms with van der Waals surface area (Å²) in [5.41, 5.74) is 1.27. The van der Waals surface area contributed by atoms with E-state index in [0.717, 1.165) is 12.0 Å². The molecule has 56 heavy (non-hydrogen) atoms. The lowest BCUT2D eigenvalue weighted by Gasteiger charge is -2.38. The molecule has 314 valence electrons. The Balaban J connectivity index is 1.51. The number of nitrogens with one attached hydrogen (secondary N) is 2. The number of rotatable bonds is 16. The van der Waals surface area contributed by atoms with Gasteiger partial charge in [-0.15, -0.1) is 0 Å². The molecule has 4 amide bonds. The molecule has 0 radical (unpaired) electrons. The molecule has 2 aliphatic rings. The fraction of sp³-hybridized carbons (Fsp3) is 0.690. The summed E-state index contributed by atoms with van der Waals surface area (Å²) in [7, 11) is 0. The molecule has 0 aromatic heterocycles. The number of amides is 4. The van der Waals surface area contributed by atoms with E-state index >= 15 is 0 Å². The zero-order chi connectivity index (χ0) is 42.5. The standard InChI is InChI=1S/C42H65N3O11/c1-23(20-24(2)17-19-45-36(51)30(41(6,7)8)31(37(45)52)42(9,10)11)12-15-28(46)43-18-16-29(47)44-26-21-25(22-40(3,4)5)13-14-27(26)55-39-34(50)32(48)33(49)35(56-39)38(53)54/h13-14,21,23-24,32-35,39,48-50H,12,15-20,22H2,1-11H3,(H,43,46)(H,44,47)(H,53,54)/t23?,24?,32-,33-,34+,35-,39+/m0/s1. The van der Waals surface area contributed by atoms with Crippen LogP contribution in [0.25, 0.3) is 0 Å². The third-order valence-corrected chi connectivity index (χ3v) is 9.97. The van der Waals surface area contributed by atoms with Crippen LogP contribution in [0, 0.1) is 28.1 Å². The Morgan fingerprint density at radius 2 is 1.39 bits per heavy atom. The Labute approximate surface area is 331 Å². The highest BCUT2D eigenvalue weighted by Crippen LogP contribution is 2.43. The maximum atomic E-state index is 13.4. The summed E-state index contributed by atoms with van der Waals surface area (Å²) in [6, 6.07) is 4.99. The monoisotopic (exact) mass is 787 g/mol. The minimum absolute atomic E-state index is 0.0413. The maximum Gasteiger partial charge on any atom is 0.335 e. The van der Waals surface area contributed by atoms with E-state index < -0.39 is 53.4 Å². The van der Waals surface area contributed by atoms with Crippen LogP contribution in [0.4, 0.5) is 5.69 Å². The average molecular weight is 788 g/mol. The Morgan fingerprint density at radius 3 is 1.93 bits per heavy atom. The number of aliphatic carboxylic acids is 1. The third-order valence-electron chi connectivity index (χ3n) is 9.97. The first-order valence-corrected chi connectivity index (χ1v) is 19.6. The summed E-state index contributed by atoms with van der Waals surface area (Å²) in [5, 5.41) is 45.7. The van der Waals surface area contributed by atoms with Crippen LogP contribution < -0.4 is 15.4 Å². The van der Waals surface area contributed by atoms with Gasteiger partial charge >= 0.3 is 5.97 Å². The van der Waals surface area contributed by atoms with Crippen molar-refractivity contribution in [1.29, 1.82) is 0 Å². The van der Waals surface area contributed by atoms with Gasteiger partial charge in [-0.2, -0.15) is 0 Å². The second kappa shape index (κ2) is 18.6. The number of carboxylic acids is 1. The van der Waals surface area contributed by atoms with Crippen LogP contribution in [0.2, 0.25) is 0 Å². The molecule has 2 heterocycles. The summed E-state index contributed by atoms with van der Waals surface area (Å²) in [4.78, 5) is 65.5. The minimum Gasteiger partial charge on any atom is -0.479 e. The lowest BCUT2D eigenvalue weighted by Crippen LogP contribution is -2.61. The van der Waals surface area contributed by atoms with E-state index in [1.165, 1.54) is 11.0 Å². The summed E-state index contributed by atoms with van der Waals surface area (Å²) >= 11 is 0. The Bertz CT molecular complexity index is 1600. The SMILES string of the molecule is CC(CCC(=O)NCCC(=O)Nc1cc(CC(C)(C)C)ccc1O[C@@H]1O[C@H](C(=O)O)[C@@H](O)[C@H](O)[C@H]1O)CC(C)CCN1C(=O)C(C(C)(C)C)=C(C(C)(C)C)C1=O. The third kappa shape index (κ3) is 12.6. The molecule has 14 nitrogen and oxygen atoms in total. The van der Waals surface area contributed by atoms with Gasteiger partial charge in [-0.3, -0.25) is 24.1 Å². The zero-order valence-electron chi connectivity index (χ0n) is 35.0. The summed E-state index contributed by atoms with van der Waals surface area (Å²) in [6.07, 6.45) is -6.10. The first-order chi connectivity index (χ1) is 25.7. The van der Waals surface area contributed by atoms with Crippen LogP contribution in [0.5, 0.6) is 5.75 Å². The van der Waals surface area contributed by atoms with Gasteiger partial charge in [0.05, 0.1) is 5.69 Å². The molecule has 0 bridgehead atoms. The normalized spacial score (nSPS) is 23.2. The van der Waals surface area contributed by atoms with Gasteiger partial charge in [-0.25, -0.2) is 4.79 Å². The lowest BCUT2D eigenvalue weighted by molar-refractivity contribution is -0.271. The van der Waals surface area contributed by atoms with Gasteiger partial charge < -0.3 is 40.5 Å². The lowest BCUT2D eigenvalue weighted by atomic mass is 9.76. The quantitative estimate of drug-likeness (QED) is 0.128. The molecule has 0 spiro atoms. The van der Waals surface area contributed by atoms with Crippen LogP contribution in [0.15, 0.2) is 29.3 Å². The molecule has 2 unspecified atom stereocenters. The van der Waals surface area contributed by atoms with Crippen molar-refractivity contribution in [2.45, 2.75) is 145 Å². The fourth-order valence-electron chi connectivity index (χ4n) is 7.21. The first-order valence-electron chi connectivity index (χ1n) is 19.6. The van der Waals surface area contributed by atoms with Crippen LogP contribution in [-0.4, -0.2) is 98.7 Å². The largest absolute Gasteiger partial charge is 0.479 e. The number of aliphatic hydroxyl groups excluding tert-OH is 3. The van der Waals surface area contributed by atoms with E-state index in [2.05, 4.69) is 45.3 Å². The zero-order valence-corrected chi connectivity index (χ0v) is 35.0. The Morgan fingerprint density at radius 1 is 0.821 bits per heavy atom. The molecule has 2 aliphatic heterocycles. The summed E-state index contributed by atoms with van der Waals surface area (Å²) in [6.45, 7) is 22.5. The smallest absolute Gasteiger partial charge is 0.335 e. The first kappa shape index (κ1) is 46.5. The van der Waals surface area contributed by atoms with Gasteiger partial charge in [-0.1, -0.05) is 82.2 Å². The number of imide groups is 1. The fourth-order valence-corrected chi connectivity index (χ4v) is 7.21. The Hall–Kier alpha value is -3.85. The van der Waals surface area contributed by atoms with Crippen LogP contribution in [0.3, 0.4) is 0 Å². The predicted octanol–water partition coefficient (Wildman–Crippen LogP) is 4.58. The predicted molar refractivity (Wildman–Crippen MR) is 210 cm³/mol. The highest BCUT2D eigenvalue weighted by atomic mass is 16.7. The van der Waals surface area contributed by atoms with Crippen molar-refractivity contribution in [2.75, 3.05) is 18.4 Å². The highest BCUT2D eigenvalue weighted by molar-refractivity contribution is 6.20. The summed E-state index contributed by atoms with van der Waals surface area (Å²) < 4.78 is 11.0. The molecule has 3 rings (SSSR count). The number of aliphatic hydroxyl groups is 3. The van der Waals surface area contributed by atoms with Gasteiger partial charge in [0.1, 0.15) is 24.1 Å². The van der Waals surface area contributed by atoms with E-state index in [1.807, 2.05) is 41.5 Å². The number of carbonyl (C=O) groups is 5. The van der Waals surface area contributed by atoms with Crippen molar-refractivity contribution >= 4 is 35.3 Å². The van der Waals surface area contributed by atoms with E-state index in [1.54, 1.807) is 12.1 Å². The number of ether oxygens (including phenoxy) is 2. The maximum absolute atomic E-state index is 13.4. The van der Waals surface area contributed by atoms with E-state index in [9.17, 15) is 44.4 Å². The molecule has 1 saturated heterocycles. The van der Waals surface area contributed by atoms with Crippen molar-refractivity contribution in [3.8, 4) is 5.75 Å². The van der Waals surface area contributed by atoms with E-state index in [-0.39, 0.29) is 65.8 Å². The molecule has 14 heteroatoms. The molecule has 0 saturated carbocycles. The number of carbonyl (C=O) groups excluding carboxylic acids is 4. The number of hydrogen-bond donors (Lipinski definition) is 6. The van der Waals surface area contributed by atoms with Crippen molar-refractivity contribution in [3.05, 3.63) is 34.9 Å². The average Bonchev–Trinajstić information content (AvgIpc) is 3.32. The topological polar surface area (TPSA) is 212 Å².